The highest BCUT2D eigenvalue weighted by molar-refractivity contribution is 7.15. The van der Waals surface area contributed by atoms with E-state index in [2.05, 4.69) is 15.5 Å². The summed E-state index contributed by atoms with van der Waals surface area (Å²) in [4.78, 5) is 27.1. The Morgan fingerprint density at radius 2 is 1.82 bits per heavy atom. The number of nitrogens with two attached hydrogens (primary N) is 1. The summed E-state index contributed by atoms with van der Waals surface area (Å²) in [6.07, 6.45) is 0.763. The van der Waals surface area contributed by atoms with Crippen LogP contribution < -0.4 is 11.1 Å². The molecule has 0 bridgehead atoms. The van der Waals surface area contributed by atoms with Crippen LogP contribution in [-0.2, 0) is 13.0 Å². The van der Waals surface area contributed by atoms with Crippen LogP contribution in [0, 0.1) is 6.92 Å². The first kappa shape index (κ1) is 23.9. The van der Waals surface area contributed by atoms with Crippen molar-refractivity contribution in [2.24, 2.45) is 0 Å². The monoisotopic (exact) mass is 513 g/mol. The van der Waals surface area contributed by atoms with Gasteiger partial charge in [0.1, 0.15) is 10.8 Å². The number of nitrogens with zero attached hydrogens (tertiary/aromatic N) is 3. The van der Waals surface area contributed by atoms with Gasteiger partial charge in [0.15, 0.2) is 11.6 Å². The Labute approximate surface area is 210 Å². The molecular formula is C24H21Cl2N5O2S. The highest BCUT2D eigenvalue weighted by Crippen LogP contribution is 2.32. The molecule has 0 atom stereocenters. The lowest BCUT2D eigenvalue weighted by atomic mass is 10.0. The Morgan fingerprint density at radius 1 is 1.06 bits per heavy atom. The topological polar surface area (TPSA) is 103 Å². The van der Waals surface area contributed by atoms with E-state index in [0.29, 0.717) is 49.1 Å². The number of aromatic nitrogens is 3. The predicted molar refractivity (Wildman–Crippen MR) is 135 cm³/mol. The first-order valence-corrected chi connectivity index (χ1v) is 12.0. The Hall–Kier alpha value is -3.20. The number of nitrogen functional groups attached to an aromatic ring is 1. The average molecular weight is 514 g/mol. The molecule has 2 aromatic carbocycles. The molecule has 0 aliphatic rings. The summed E-state index contributed by atoms with van der Waals surface area (Å²) in [5, 5.41) is 12.6. The van der Waals surface area contributed by atoms with Gasteiger partial charge in [0.05, 0.1) is 27.8 Å². The number of hydrogen-bond acceptors (Lipinski definition) is 6. The highest BCUT2D eigenvalue weighted by atomic mass is 35.5. The number of aryl methyl sites for hydroxylation is 2. The van der Waals surface area contributed by atoms with Crippen LogP contribution in [0.25, 0.3) is 5.00 Å². The van der Waals surface area contributed by atoms with Crippen molar-refractivity contribution in [1.29, 1.82) is 0 Å². The number of anilines is 1. The van der Waals surface area contributed by atoms with E-state index in [0.717, 1.165) is 11.3 Å². The zero-order valence-corrected chi connectivity index (χ0v) is 20.8. The minimum atomic E-state index is -0.332. The lowest BCUT2D eigenvalue weighted by molar-refractivity contribution is 0.0948. The average Bonchev–Trinajstić information content (AvgIpc) is 3.41. The number of halogens is 2. The van der Waals surface area contributed by atoms with Gasteiger partial charge < -0.3 is 11.1 Å². The second kappa shape index (κ2) is 9.97. The van der Waals surface area contributed by atoms with Gasteiger partial charge in [-0.1, -0.05) is 42.3 Å². The van der Waals surface area contributed by atoms with Crippen LogP contribution in [0.2, 0.25) is 10.0 Å². The number of thiophene rings is 1. The van der Waals surface area contributed by atoms with E-state index in [1.165, 1.54) is 17.4 Å². The second-order valence-electron chi connectivity index (χ2n) is 7.51. The molecule has 7 nitrogen and oxygen atoms in total. The lowest BCUT2D eigenvalue weighted by Gasteiger charge is -2.11. The molecule has 174 valence electrons. The summed E-state index contributed by atoms with van der Waals surface area (Å²) in [7, 11) is 0. The van der Waals surface area contributed by atoms with E-state index in [1.807, 2.05) is 13.0 Å². The van der Waals surface area contributed by atoms with Gasteiger partial charge in [-0.25, -0.2) is 0 Å². The fraction of sp³-hybridized carbons (Fsp3) is 0.167. The molecule has 3 N–H and O–H groups in total. The maximum absolute atomic E-state index is 13.4. The van der Waals surface area contributed by atoms with Crippen molar-refractivity contribution >= 4 is 51.9 Å². The van der Waals surface area contributed by atoms with Gasteiger partial charge in [-0.3, -0.25) is 14.2 Å². The maximum Gasteiger partial charge on any atom is 0.251 e. The standard InChI is InChI=1S/C24H21Cl2N5O2S/c1-3-15-11-17(22(32)16-6-4-5-7-18(16)25)24(34-15)31-13(2)29-30-21(31)12-28-23(33)14-8-9-20(27)19(26)10-14/h4-11H,3,12,27H2,1-2H3,(H,28,33). The quantitative estimate of drug-likeness (QED) is 0.259. The van der Waals surface area contributed by atoms with E-state index in [4.69, 9.17) is 28.9 Å². The lowest BCUT2D eigenvalue weighted by Crippen LogP contribution is -2.25. The molecular weight excluding hydrogens is 493 g/mol. The molecule has 2 heterocycles. The van der Waals surface area contributed by atoms with Crippen molar-refractivity contribution in [2.45, 2.75) is 26.8 Å². The van der Waals surface area contributed by atoms with Gasteiger partial charge in [-0.15, -0.1) is 21.5 Å². The molecule has 4 aromatic rings. The van der Waals surface area contributed by atoms with Gasteiger partial charge in [-0.05, 0) is 49.7 Å². The summed E-state index contributed by atoms with van der Waals surface area (Å²) >= 11 is 13.8. The third kappa shape index (κ3) is 4.70. The predicted octanol–water partition coefficient (Wildman–Crippen LogP) is 5.25. The Morgan fingerprint density at radius 3 is 2.53 bits per heavy atom. The molecule has 0 saturated carbocycles. The van der Waals surface area contributed by atoms with Crippen LogP contribution in [0.4, 0.5) is 5.69 Å². The summed E-state index contributed by atoms with van der Waals surface area (Å²) < 4.78 is 1.80. The maximum atomic E-state index is 13.4. The van der Waals surface area contributed by atoms with Crippen LogP contribution in [0.5, 0.6) is 0 Å². The summed E-state index contributed by atoms with van der Waals surface area (Å²) in [6, 6.07) is 13.5. The summed E-state index contributed by atoms with van der Waals surface area (Å²) in [5.74, 6) is 0.570. The first-order chi connectivity index (χ1) is 16.3. The Balaban J connectivity index is 1.67. The number of benzene rings is 2. The molecule has 0 aliphatic carbocycles. The molecule has 0 aliphatic heterocycles. The normalized spacial score (nSPS) is 10.9. The minimum Gasteiger partial charge on any atom is -0.398 e. The van der Waals surface area contributed by atoms with Crippen molar-refractivity contribution in [2.75, 3.05) is 5.73 Å². The fourth-order valence-corrected chi connectivity index (χ4v) is 5.00. The Kier molecular flexibility index (Phi) is 7.02. The van der Waals surface area contributed by atoms with Crippen molar-refractivity contribution in [3.63, 3.8) is 0 Å². The number of rotatable bonds is 7. The third-order valence-corrected chi connectivity index (χ3v) is 7.16. The van der Waals surface area contributed by atoms with E-state index in [-0.39, 0.29) is 18.2 Å². The molecule has 0 saturated heterocycles. The van der Waals surface area contributed by atoms with E-state index < -0.39 is 0 Å². The van der Waals surface area contributed by atoms with Gasteiger partial charge in [0.25, 0.3) is 5.91 Å². The number of nitrogens with one attached hydrogen (secondary N) is 1. The molecule has 0 radical (unpaired) electrons. The SMILES string of the molecule is CCc1cc(C(=O)c2ccccc2Cl)c(-n2c(C)nnc2CNC(=O)c2ccc(N)c(Cl)c2)s1. The number of carbonyl (C=O) groups excluding carboxylic acids is 2. The highest BCUT2D eigenvalue weighted by Gasteiger charge is 2.24. The zero-order valence-electron chi connectivity index (χ0n) is 18.4. The molecule has 2 aromatic heterocycles. The zero-order chi connectivity index (χ0) is 24.4. The molecule has 0 unspecified atom stereocenters. The second-order valence-corrected chi connectivity index (χ2v) is 9.44. The fourth-order valence-electron chi connectivity index (χ4n) is 3.44. The molecule has 0 fully saturated rings. The molecule has 10 heteroatoms. The van der Waals surface area contributed by atoms with Crippen LogP contribution >= 0.6 is 34.5 Å². The summed E-state index contributed by atoms with van der Waals surface area (Å²) in [6.45, 7) is 3.92. The molecule has 4 rings (SSSR count). The third-order valence-electron chi connectivity index (χ3n) is 5.24. The van der Waals surface area contributed by atoms with Crippen molar-refractivity contribution < 1.29 is 9.59 Å². The number of hydrogen-bond donors (Lipinski definition) is 2. The number of ketones is 1. The van der Waals surface area contributed by atoms with E-state index in [1.54, 1.807) is 47.9 Å². The minimum absolute atomic E-state index is 0.0980. The first-order valence-electron chi connectivity index (χ1n) is 10.5. The smallest absolute Gasteiger partial charge is 0.251 e. The van der Waals surface area contributed by atoms with E-state index >= 15 is 0 Å². The number of amides is 1. The Bertz CT molecular complexity index is 1400. The molecule has 1 amide bonds. The van der Waals surface area contributed by atoms with Gasteiger partial charge in [-0.2, -0.15) is 0 Å². The summed E-state index contributed by atoms with van der Waals surface area (Å²) in [5.41, 5.74) is 7.43. The van der Waals surface area contributed by atoms with Crippen LogP contribution in [0.15, 0.2) is 48.5 Å². The van der Waals surface area contributed by atoms with Gasteiger partial charge >= 0.3 is 0 Å². The van der Waals surface area contributed by atoms with Crippen LogP contribution in [0.1, 0.15) is 49.7 Å². The number of carbonyl (C=O) groups is 2. The van der Waals surface area contributed by atoms with Gasteiger partial charge in [0.2, 0.25) is 0 Å². The van der Waals surface area contributed by atoms with Crippen molar-refractivity contribution in [3.8, 4) is 5.00 Å². The van der Waals surface area contributed by atoms with Crippen molar-refractivity contribution in [3.05, 3.63) is 91.8 Å². The van der Waals surface area contributed by atoms with Crippen molar-refractivity contribution in [1.82, 2.24) is 20.1 Å². The molecule has 0 spiro atoms. The molecule has 34 heavy (non-hydrogen) atoms. The van der Waals surface area contributed by atoms with Crippen LogP contribution in [0.3, 0.4) is 0 Å². The van der Waals surface area contributed by atoms with Crippen LogP contribution in [-0.4, -0.2) is 26.5 Å². The largest absolute Gasteiger partial charge is 0.398 e. The van der Waals surface area contributed by atoms with Gasteiger partial charge in [0, 0.05) is 16.0 Å². The van der Waals surface area contributed by atoms with E-state index in [9.17, 15) is 9.59 Å².